The van der Waals surface area contributed by atoms with Crippen molar-refractivity contribution in [2.45, 2.75) is 0 Å². The predicted molar refractivity (Wildman–Crippen MR) is 77.3 cm³/mol. The molecule has 0 atom stereocenters. The molecule has 1 fully saturated rings. The number of benzene rings is 1. The van der Waals surface area contributed by atoms with E-state index in [2.05, 4.69) is 15.5 Å². The molecule has 0 aliphatic carbocycles. The smallest absolute Gasteiger partial charge is 0.313 e. The number of hydrogen-bond donors (Lipinski definition) is 3. The quantitative estimate of drug-likeness (QED) is 0.539. The molecule has 1 aliphatic rings. The summed E-state index contributed by atoms with van der Waals surface area (Å²) in [5.74, 6) is -6.74. The average Bonchev–Trinajstić information content (AvgIpc) is 2.56. The molecule has 0 bridgehead atoms. The average molecular weight is 330 g/mol. The Hall–Kier alpha value is -2.13. The summed E-state index contributed by atoms with van der Waals surface area (Å²) in [6, 6.07) is 1.51. The largest absolute Gasteiger partial charge is 0.347 e. The SMILES string of the molecule is O=C(NCCN1CCNCC1)C(=O)Nc1ccc(F)c(F)c1F. The molecule has 1 aromatic carbocycles. The van der Waals surface area contributed by atoms with Gasteiger partial charge in [0.05, 0.1) is 5.69 Å². The van der Waals surface area contributed by atoms with Crippen molar-refractivity contribution in [2.24, 2.45) is 0 Å². The van der Waals surface area contributed by atoms with E-state index in [9.17, 15) is 22.8 Å². The number of piperazine rings is 1. The Balaban J connectivity index is 1.81. The fourth-order valence-electron chi connectivity index (χ4n) is 2.14. The van der Waals surface area contributed by atoms with Gasteiger partial charge in [-0.1, -0.05) is 0 Å². The minimum atomic E-state index is -1.71. The first kappa shape index (κ1) is 17.2. The first-order chi connectivity index (χ1) is 11.0. The highest BCUT2D eigenvalue weighted by Crippen LogP contribution is 2.19. The van der Waals surface area contributed by atoms with Crippen LogP contribution in [0.15, 0.2) is 12.1 Å². The Morgan fingerprint density at radius 3 is 2.48 bits per heavy atom. The van der Waals surface area contributed by atoms with Crippen LogP contribution in [-0.4, -0.2) is 56.0 Å². The number of amides is 2. The maximum atomic E-state index is 13.4. The molecule has 0 radical (unpaired) electrons. The molecular weight excluding hydrogens is 313 g/mol. The molecule has 2 rings (SSSR count). The van der Waals surface area contributed by atoms with Crippen molar-refractivity contribution >= 4 is 17.5 Å². The monoisotopic (exact) mass is 330 g/mol. The number of hydrogen-bond acceptors (Lipinski definition) is 4. The Morgan fingerprint density at radius 1 is 1.09 bits per heavy atom. The molecule has 9 heteroatoms. The number of nitrogens with one attached hydrogen (secondary N) is 3. The van der Waals surface area contributed by atoms with E-state index in [1.807, 2.05) is 5.32 Å². The van der Waals surface area contributed by atoms with Crippen LogP contribution in [0.25, 0.3) is 0 Å². The zero-order chi connectivity index (χ0) is 16.8. The topological polar surface area (TPSA) is 73.5 Å². The molecular formula is C14H17F3N4O2. The number of nitrogens with zero attached hydrogens (tertiary/aromatic N) is 1. The molecule has 1 aromatic rings. The lowest BCUT2D eigenvalue weighted by molar-refractivity contribution is -0.136. The Labute approximate surface area is 131 Å². The van der Waals surface area contributed by atoms with E-state index in [-0.39, 0.29) is 6.54 Å². The van der Waals surface area contributed by atoms with Crippen LogP contribution < -0.4 is 16.0 Å². The summed E-state index contributed by atoms with van der Waals surface area (Å²) in [6.45, 7) is 4.27. The lowest BCUT2D eigenvalue weighted by Gasteiger charge is -2.26. The molecule has 126 valence electrons. The molecule has 0 spiro atoms. The summed E-state index contributed by atoms with van der Waals surface area (Å²) in [6.07, 6.45) is 0. The van der Waals surface area contributed by atoms with Gasteiger partial charge in [0.15, 0.2) is 17.5 Å². The van der Waals surface area contributed by atoms with Crippen LogP contribution in [0.2, 0.25) is 0 Å². The third-order valence-corrected chi connectivity index (χ3v) is 3.41. The minimum absolute atomic E-state index is 0.256. The van der Waals surface area contributed by atoms with Crippen LogP contribution in [0.1, 0.15) is 0 Å². The number of carbonyl (C=O) groups excluding carboxylic acids is 2. The first-order valence-corrected chi connectivity index (χ1v) is 7.15. The van der Waals surface area contributed by atoms with Crippen molar-refractivity contribution in [2.75, 3.05) is 44.6 Å². The molecule has 0 aromatic heterocycles. The Bertz CT molecular complexity index is 592. The van der Waals surface area contributed by atoms with Crippen molar-refractivity contribution in [3.63, 3.8) is 0 Å². The van der Waals surface area contributed by atoms with Gasteiger partial charge in [-0.3, -0.25) is 14.5 Å². The fraction of sp³-hybridized carbons (Fsp3) is 0.429. The van der Waals surface area contributed by atoms with Crippen molar-refractivity contribution in [3.05, 3.63) is 29.6 Å². The van der Waals surface area contributed by atoms with Gasteiger partial charge in [0, 0.05) is 39.3 Å². The van der Waals surface area contributed by atoms with Gasteiger partial charge in [0.25, 0.3) is 0 Å². The highest BCUT2D eigenvalue weighted by molar-refractivity contribution is 6.39. The maximum Gasteiger partial charge on any atom is 0.313 e. The van der Waals surface area contributed by atoms with Gasteiger partial charge in [0.2, 0.25) is 0 Å². The van der Waals surface area contributed by atoms with Gasteiger partial charge in [-0.05, 0) is 12.1 Å². The van der Waals surface area contributed by atoms with Crippen molar-refractivity contribution in [1.29, 1.82) is 0 Å². The number of anilines is 1. The van der Waals surface area contributed by atoms with E-state index < -0.39 is 35.0 Å². The predicted octanol–water partition coefficient (Wildman–Crippen LogP) is 0.0638. The van der Waals surface area contributed by atoms with Crippen LogP contribution in [0.3, 0.4) is 0 Å². The molecule has 1 saturated heterocycles. The molecule has 1 heterocycles. The maximum absolute atomic E-state index is 13.4. The second-order valence-electron chi connectivity index (χ2n) is 5.02. The number of rotatable bonds is 4. The van der Waals surface area contributed by atoms with Gasteiger partial charge < -0.3 is 16.0 Å². The highest BCUT2D eigenvalue weighted by Gasteiger charge is 2.19. The lowest BCUT2D eigenvalue weighted by atomic mass is 10.2. The van der Waals surface area contributed by atoms with E-state index >= 15 is 0 Å². The molecule has 0 saturated carbocycles. The standard InChI is InChI=1S/C14H17F3N4O2/c15-9-1-2-10(12(17)11(9)16)20-14(23)13(22)19-5-8-21-6-3-18-4-7-21/h1-2,18H,3-8H2,(H,19,22)(H,20,23). The summed E-state index contributed by atoms with van der Waals surface area (Å²) < 4.78 is 39.2. The summed E-state index contributed by atoms with van der Waals surface area (Å²) >= 11 is 0. The molecule has 0 unspecified atom stereocenters. The second kappa shape index (κ2) is 7.93. The van der Waals surface area contributed by atoms with Crippen LogP contribution >= 0.6 is 0 Å². The summed E-state index contributed by atoms with van der Waals surface area (Å²) in [5, 5.41) is 7.49. The Morgan fingerprint density at radius 2 is 1.78 bits per heavy atom. The van der Waals surface area contributed by atoms with Crippen LogP contribution in [0.4, 0.5) is 18.9 Å². The Kier molecular flexibility index (Phi) is 5.94. The van der Waals surface area contributed by atoms with Gasteiger partial charge in [0.1, 0.15) is 0 Å². The van der Waals surface area contributed by atoms with Crippen LogP contribution in [0, 0.1) is 17.5 Å². The molecule has 6 nitrogen and oxygen atoms in total. The van der Waals surface area contributed by atoms with E-state index in [1.165, 1.54) is 0 Å². The fourth-order valence-corrected chi connectivity index (χ4v) is 2.14. The lowest BCUT2D eigenvalue weighted by Crippen LogP contribution is -2.47. The van der Waals surface area contributed by atoms with Crippen LogP contribution in [-0.2, 0) is 9.59 Å². The van der Waals surface area contributed by atoms with Crippen LogP contribution in [0.5, 0.6) is 0 Å². The summed E-state index contributed by atoms with van der Waals surface area (Å²) in [7, 11) is 0. The third-order valence-electron chi connectivity index (χ3n) is 3.41. The zero-order valence-electron chi connectivity index (χ0n) is 12.3. The molecule has 23 heavy (non-hydrogen) atoms. The highest BCUT2D eigenvalue weighted by atomic mass is 19.2. The van der Waals surface area contributed by atoms with Crippen molar-refractivity contribution in [1.82, 2.24) is 15.5 Å². The van der Waals surface area contributed by atoms with Crippen molar-refractivity contribution in [3.8, 4) is 0 Å². The second-order valence-corrected chi connectivity index (χ2v) is 5.02. The van der Waals surface area contributed by atoms with E-state index in [4.69, 9.17) is 0 Å². The number of halogens is 3. The molecule has 2 amide bonds. The van der Waals surface area contributed by atoms with E-state index in [1.54, 1.807) is 0 Å². The van der Waals surface area contributed by atoms with E-state index in [0.29, 0.717) is 12.6 Å². The van der Waals surface area contributed by atoms with Gasteiger partial charge >= 0.3 is 11.8 Å². The van der Waals surface area contributed by atoms with E-state index in [0.717, 1.165) is 32.2 Å². The molecule has 3 N–H and O–H groups in total. The zero-order valence-corrected chi connectivity index (χ0v) is 12.3. The molecule has 1 aliphatic heterocycles. The van der Waals surface area contributed by atoms with Crippen molar-refractivity contribution < 1.29 is 22.8 Å². The van der Waals surface area contributed by atoms with Gasteiger partial charge in [-0.2, -0.15) is 0 Å². The third kappa shape index (κ3) is 4.67. The van der Waals surface area contributed by atoms with Gasteiger partial charge in [-0.25, -0.2) is 13.2 Å². The summed E-state index contributed by atoms with van der Waals surface area (Å²) in [5.41, 5.74) is -0.592. The minimum Gasteiger partial charge on any atom is -0.347 e. The van der Waals surface area contributed by atoms with Gasteiger partial charge in [-0.15, -0.1) is 0 Å². The summed E-state index contributed by atoms with van der Waals surface area (Å²) in [4.78, 5) is 25.3. The number of carbonyl (C=O) groups is 2. The first-order valence-electron chi connectivity index (χ1n) is 7.15. The normalized spacial score (nSPS) is 15.3.